The first-order chi connectivity index (χ1) is 6.26. The molecule has 0 atom stereocenters. The Morgan fingerprint density at radius 2 is 2.08 bits per heavy atom. The van der Waals surface area contributed by atoms with Crippen LogP contribution in [0.4, 0.5) is 0 Å². The highest BCUT2D eigenvalue weighted by molar-refractivity contribution is 5.29. The van der Waals surface area contributed by atoms with Crippen molar-refractivity contribution in [2.24, 2.45) is 10.8 Å². The third kappa shape index (κ3) is 2.78. The van der Waals surface area contributed by atoms with Crippen LogP contribution < -0.4 is 5.73 Å². The van der Waals surface area contributed by atoms with Gasteiger partial charge in [0.15, 0.2) is 0 Å². The molecule has 0 bridgehead atoms. The average molecular weight is 176 g/mol. The maximum atomic E-state index is 8.16. The number of azide groups is 1. The van der Waals surface area contributed by atoms with E-state index in [0.717, 1.165) is 16.7 Å². The Bertz CT molecular complexity index is 339. The molecule has 0 saturated heterocycles. The molecule has 0 unspecified atom stereocenters. The van der Waals surface area contributed by atoms with E-state index < -0.39 is 0 Å². The quantitative estimate of drug-likeness (QED) is 0.428. The summed E-state index contributed by atoms with van der Waals surface area (Å²) in [5, 5.41) is 3.50. The molecule has 0 saturated carbocycles. The summed E-state index contributed by atoms with van der Waals surface area (Å²) in [6.07, 6.45) is 0. The maximum absolute atomic E-state index is 8.16. The molecule has 4 nitrogen and oxygen atoms in total. The van der Waals surface area contributed by atoms with E-state index >= 15 is 0 Å². The van der Waals surface area contributed by atoms with Crippen molar-refractivity contribution in [1.82, 2.24) is 0 Å². The number of nitrogens with two attached hydrogens (primary N) is 1. The van der Waals surface area contributed by atoms with Crippen LogP contribution in [-0.4, -0.2) is 0 Å². The zero-order chi connectivity index (χ0) is 9.68. The van der Waals surface area contributed by atoms with Gasteiger partial charge in [-0.3, -0.25) is 0 Å². The van der Waals surface area contributed by atoms with Crippen molar-refractivity contribution in [2.45, 2.75) is 20.0 Å². The highest BCUT2D eigenvalue weighted by Crippen LogP contribution is 2.10. The first kappa shape index (κ1) is 9.58. The van der Waals surface area contributed by atoms with Gasteiger partial charge in [-0.05, 0) is 23.6 Å². The second-order valence-electron chi connectivity index (χ2n) is 2.92. The van der Waals surface area contributed by atoms with Crippen molar-refractivity contribution in [3.63, 3.8) is 0 Å². The smallest absolute Gasteiger partial charge is 0.0511 e. The minimum absolute atomic E-state index is 0.394. The Kier molecular flexibility index (Phi) is 3.31. The van der Waals surface area contributed by atoms with Crippen molar-refractivity contribution in [3.8, 4) is 0 Å². The molecule has 1 aromatic carbocycles. The van der Waals surface area contributed by atoms with Gasteiger partial charge in [-0.25, -0.2) is 0 Å². The van der Waals surface area contributed by atoms with Gasteiger partial charge in [0.2, 0.25) is 0 Å². The lowest BCUT2D eigenvalue weighted by molar-refractivity contribution is 1.01. The van der Waals surface area contributed by atoms with Crippen LogP contribution in [0.15, 0.2) is 23.3 Å². The lowest BCUT2D eigenvalue weighted by Crippen LogP contribution is -1.97. The molecule has 0 aromatic heterocycles. The van der Waals surface area contributed by atoms with Gasteiger partial charge in [-0.15, -0.1) is 0 Å². The number of benzene rings is 1. The maximum Gasteiger partial charge on any atom is 0.0511 e. The van der Waals surface area contributed by atoms with Crippen LogP contribution in [0, 0.1) is 6.92 Å². The molecule has 2 N–H and O–H groups in total. The van der Waals surface area contributed by atoms with Gasteiger partial charge in [0.25, 0.3) is 0 Å². The van der Waals surface area contributed by atoms with Crippen LogP contribution in [0.25, 0.3) is 10.4 Å². The Morgan fingerprint density at radius 3 is 2.69 bits per heavy atom. The largest absolute Gasteiger partial charge is 0.326 e. The zero-order valence-electron chi connectivity index (χ0n) is 7.57. The van der Waals surface area contributed by atoms with E-state index in [1.807, 2.05) is 25.1 Å². The Labute approximate surface area is 77.0 Å². The summed E-state index contributed by atoms with van der Waals surface area (Å²) in [4.78, 5) is 2.71. The standard InChI is InChI=1S/C9H12N4/c1-7-2-8(5-10)4-9(3-7)6-12-13-11/h2-4H,5-6,10H2,1H3. The first-order valence-corrected chi connectivity index (χ1v) is 4.06. The number of rotatable bonds is 3. The summed E-state index contributed by atoms with van der Waals surface area (Å²) in [6, 6.07) is 5.98. The van der Waals surface area contributed by atoms with E-state index in [4.69, 9.17) is 11.3 Å². The molecule has 0 amide bonds. The van der Waals surface area contributed by atoms with Crippen LogP contribution >= 0.6 is 0 Å². The Balaban J connectivity index is 2.93. The predicted molar refractivity (Wildman–Crippen MR) is 51.9 cm³/mol. The number of hydrogen-bond acceptors (Lipinski definition) is 2. The van der Waals surface area contributed by atoms with Gasteiger partial charge in [0.05, 0.1) is 6.54 Å². The molecule has 68 valence electrons. The fraction of sp³-hybridized carbons (Fsp3) is 0.333. The molecule has 0 fully saturated rings. The van der Waals surface area contributed by atoms with Crippen LogP contribution in [0.3, 0.4) is 0 Å². The monoisotopic (exact) mass is 176 g/mol. The van der Waals surface area contributed by atoms with Gasteiger partial charge >= 0.3 is 0 Å². The van der Waals surface area contributed by atoms with Crippen molar-refractivity contribution >= 4 is 0 Å². The summed E-state index contributed by atoms with van der Waals surface area (Å²) >= 11 is 0. The molecule has 0 aliphatic rings. The second kappa shape index (κ2) is 4.50. The lowest BCUT2D eigenvalue weighted by atomic mass is 10.1. The van der Waals surface area contributed by atoms with E-state index in [9.17, 15) is 0 Å². The summed E-state index contributed by atoms with van der Waals surface area (Å²) in [7, 11) is 0. The van der Waals surface area contributed by atoms with E-state index in [1.165, 1.54) is 0 Å². The van der Waals surface area contributed by atoms with E-state index in [-0.39, 0.29) is 0 Å². The molecular weight excluding hydrogens is 164 g/mol. The van der Waals surface area contributed by atoms with E-state index in [1.54, 1.807) is 0 Å². The molecule has 13 heavy (non-hydrogen) atoms. The number of nitrogens with zero attached hydrogens (tertiary/aromatic N) is 3. The molecule has 1 aromatic rings. The summed E-state index contributed by atoms with van der Waals surface area (Å²) in [6.45, 7) is 2.91. The molecule has 1 rings (SSSR count). The summed E-state index contributed by atoms with van der Waals surface area (Å²) < 4.78 is 0. The molecule has 0 aliphatic carbocycles. The third-order valence-corrected chi connectivity index (χ3v) is 1.75. The minimum atomic E-state index is 0.394. The van der Waals surface area contributed by atoms with E-state index in [0.29, 0.717) is 13.1 Å². The van der Waals surface area contributed by atoms with E-state index in [2.05, 4.69) is 10.0 Å². The Hall–Kier alpha value is -1.51. The highest BCUT2D eigenvalue weighted by atomic mass is 15.1. The fourth-order valence-electron chi connectivity index (χ4n) is 1.27. The molecule has 0 aliphatic heterocycles. The highest BCUT2D eigenvalue weighted by Gasteiger charge is 1.95. The fourth-order valence-corrected chi connectivity index (χ4v) is 1.27. The van der Waals surface area contributed by atoms with Crippen LogP contribution in [0.2, 0.25) is 0 Å². The second-order valence-corrected chi connectivity index (χ2v) is 2.92. The van der Waals surface area contributed by atoms with Crippen molar-refractivity contribution in [1.29, 1.82) is 0 Å². The molecule has 0 heterocycles. The van der Waals surface area contributed by atoms with Gasteiger partial charge in [0, 0.05) is 11.5 Å². The topological polar surface area (TPSA) is 74.8 Å². The van der Waals surface area contributed by atoms with Crippen molar-refractivity contribution in [2.75, 3.05) is 0 Å². The number of aryl methyl sites for hydroxylation is 1. The number of hydrogen-bond donors (Lipinski definition) is 1. The zero-order valence-corrected chi connectivity index (χ0v) is 7.57. The SMILES string of the molecule is Cc1cc(CN)cc(CN=[N+]=[N-])c1. The molecule has 0 radical (unpaired) electrons. The molecule has 0 spiro atoms. The van der Waals surface area contributed by atoms with Gasteiger partial charge < -0.3 is 5.73 Å². The summed E-state index contributed by atoms with van der Waals surface area (Å²) in [5.74, 6) is 0. The Morgan fingerprint density at radius 1 is 1.38 bits per heavy atom. The predicted octanol–water partition coefficient (Wildman–Crippen LogP) is 2.26. The van der Waals surface area contributed by atoms with Crippen molar-refractivity contribution < 1.29 is 0 Å². The molecule has 4 heteroatoms. The van der Waals surface area contributed by atoms with Gasteiger partial charge in [-0.2, -0.15) is 0 Å². The minimum Gasteiger partial charge on any atom is -0.326 e. The van der Waals surface area contributed by atoms with Gasteiger partial charge in [-0.1, -0.05) is 28.9 Å². The first-order valence-electron chi connectivity index (χ1n) is 4.06. The molecular formula is C9H12N4. The van der Waals surface area contributed by atoms with Gasteiger partial charge in [0.1, 0.15) is 0 Å². The third-order valence-electron chi connectivity index (χ3n) is 1.75. The normalized spacial score (nSPS) is 9.38. The van der Waals surface area contributed by atoms with Crippen molar-refractivity contribution in [3.05, 3.63) is 45.3 Å². The lowest BCUT2D eigenvalue weighted by Gasteiger charge is -2.02. The summed E-state index contributed by atoms with van der Waals surface area (Å²) in [5.41, 5.74) is 16.9. The van der Waals surface area contributed by atoms with Crippen LogP contribution in [-0.2, 0) is 13.1 Å². The van der Waals surface area contributed by atoms with Crippen LogP contribution in [0.1, 0.15) is 16.7 Å². The van der Waals surface area contributed by atoms with Crippen LogP contribution in [0.5, 0.6) is 0 Å². The average Bonchev–Trinajstić information content (AvgIpc) is 2.14.